The molecule has 2 N–H and O–H groups in total. The van der Waals surface area contributed by atoms with Crippen molar-refractivity contribution in [3.8, 4) is 5.75 Å². The van der Waals surface area contributed by atoms with Crippen molar-refractivity contribution in [2.75, 3.05) is 34.3 Å². The van der Waals surface area contributed by atoms with Gasteiger partial charge in [0, 0.05) is 12.5 Å². The highest BCUT2D eigenvalue weighted by Gasteiger charge is 2.22. The first kappa shape index (κ1) is 15.0. The first-order valence-electron chi connectivity index (χ1n) is 6.45. The third kappa shape index (κ3) is 3.46. The molecule has 2 atom stereocenters. The molecule has 0 saturated heterocycles. The normalized spacial score (nSPS) is 14.8. The Morgan fingerprint density at radius 3 is 2.61 bits per heavy atom. The predicted octanol–water partition coefficient (Wildman–Crippen LogP) is 1.15. The molecule has 1 heterocycles. The van der Waals surface area contributed by atoms with Crippen molar-refractivity contribution in [3.05, 3.63) is 11.9 Å². The second-order valence-corrected chi connectivity index (χ2v) is 5.13. The van der Waals surface area contributed by atoms with Crippen LogP contribution in [0.1, 0.15) is 25.5 Å². The summed E-state index contributed by atoms with van der Waals surface area (Å²) in [4.78, 5) is 2.15. The second-order valence-electron chi connectivity index (χ2n) is 5.13. The van der Waals surface area contributed by atoms with E-state index >= 15 is 0 Å². The molecule has 5 nitrogen and oxygen atoms in total. The summed E-state index contributed by atoms with van der Waals surface area (Å²) in [6.07, 6.45) is 1.80. The summed E-state index contributed by atoms with van der Waals surface area (Å²) in [6.45, 7) is 6.84. The lowest BCUT2D eigenvalue weighted by Gasteiger charge is -2.21. The summed E-state index contributed by atoms with van der Waals surface area (Å²) < 4.78 is 7.45. The van der Waals surface area contributed by atoms with Crippen LogP contribution in [-0.4, -0.2) is 49.0 Å². The Labute approximate surface area is 110 Å². The zero-order chi connectivity index (χ0) is 13.7. The Kier molecular flexibility index (Phi) is 5.62. The molecule has 104 valence electrons. The molecule has 0 bridgehead atoms. The largest absolute Gasteiger partial charge is 0.493 e. The molecule has 2 unspecified atom stereocenters. The van der Waals surface area contributed by atoms with Crippen LogP contribution in [-0.2, 0) is 6.54 Å². The van der Waals surface area contributed by atoms with Gasteiger partial charge in [-0.25, -0.2) is 0 Å². The highest BCUT2D eigenvalue weighted by molar-refractivity contribution is 5.28. The van der Waals surface area contributed by atoms with Gasteiger partial charge in [0.05, 0.1) is 25.5 Å². The molecule has 0 fully saturated rings. The molecule has 0 aliphatic carbocycles. The van der Waals surface area contributed by atoms with Crippen LogP contribution in [0.5, 0.6) is 5.75 Å². The number of ether oxygens (including phenoxy) is 1. The van der Waals surface area contributed by atoms with E-state index in [2.05, 4.69) is 37.9 Å². The lowest BCUT2D eigenvalue weighted by molar-refractivity contribution is 0.352. The van der Waals surface area contributed by atoms with Crippen LogP contribution in [0.25, 0.3) is 0 Å². The Bertz CT molecular complexity index is 362. The fourth-order valence-electron chi connectivity index (χ4n) is 1.94. The van der Waals surface area contributed by atoms with Crippen molar-refractivity contribution in [3.63, 3.8) is 0 Å². The van der Waals surface area contributed by atoms with Gasteiger partial charge in [-0.1, -0.05) is 13.8 Å². The van der Waals surface area contributed by atoms with Gasteiger partial charge in [-0.05, 0) is 26.6 Å². The maximum Gasteiger partial charge on any atom is 0.160 e. The van der Waals surface area contributed by atoms with E-state index in [1.54, 1.807) is 13.3 Å². The third-order valence-corrected chi connectivity index (χ3v) is 3.48. The zero-order valence-electron chi connectivity index (χ0n) is 12.2. The highest BCUT2D eigenvalue weighted by Crippen LogP contribution is 2.31. The minimum atomic E-state index is 0.342. The molecule has 1 aromatic heterocycles. The van der Waals surface area contributed by atoms with Gasteiger partial charge in [0.2, 0.25) is 0 Å². The van der Waals surface area contributed by atoms with Crippen LogP contribution in [0.2, 0.25) is 0 Å². The average Bonchev–Trinajstić information content (AvgIpc) is 2.77. The van der Waals surface area contributed by atoms with Gasteiger partial charge in [-0.15, -0.1) is 0 Å². The van der Waals surface area contributed by atoms with Crippen LogP contribution in [0.4, 0.5) is 0 Å². The molecule has 0 amide bonds. The number of aromatic nitrogens is 2. The zero-order valence-corrected chi connectivity index (χ0v) is 12.2. The first-order valence-corrected chi connectivity index (χ1v) is 6.45. The standard InChI is InChI=1S/C13H26N4O/c1-10(8-14)11(2)13-12(18-5)9-15-17(13)7-6-16(3)4/h9-11H,6-8,14H2,1-5H3. The summed E-state index contributed by atoms with van der Waals surface area (Å²) in [7, 11) is 5.81. The fourth-order valence-corrected chi connectivity index (χ4v) is 1.94. The minimum Gasteiger partial charge on any atom is -0.493 e. The van der Waals surface area contributed by atoms with E-state index in [1.165, 1.54) is 0 Å². The van der Waals surface area contributed by atoms with Crippen molar-refractivity contribution >= 4 is 0 Å². The highest BCUT2D eigenvalue weighted by atomic mass is 16.5. The second kappa shape index (κ2) is 6.75. The first-order chi connectivity index (χ1) is 8.51. The van der Waals surface area contributed by atoms with Gasteiger partial charge in [0.15, 0.2) is 5.75 Å². The molecule has 0 aliphatic heterocycles. The molecule has 1 rings (SSSR count). The molecule has 0 aliphatic rings. The van der Waals surface area contributed by atoms with Gasteiger partial charge < -0.3 is 15.4 Å². The van der Waals surface area contributed by atoms with E-state index in [4.69, 9.17) is 10.5 Å². The van der Waals surface area contributed by atoms with Crippen molar-refractivity contribution in [1.82, 2.24) is 14.7 Å². The molecular formula is C13H26N4O. The number of nitrogens with two attached hydrogens (primary N) is 1. The minimum absolute atomic E-state index is 0.342. The van der Waals surface area contributed by atoms with Crippen molar-refractivity contribution in [2.45, 2.75) is 26.3 Å². The number of hydrogen-bond acceptors (Lipinski definition) is 4. The maximum absolute atomic E-state index is 5.76. The van der Waals surface area contributed by atoms with Crippen LogP contribution < -0.4 is 10.5 Å². The van der Waals surface area contributed by atoms with E-state index in [-0.39, 0.29) is 0 Å². The molecule has 1 aromatic rings. The SMILES string of the molecule is COc1cnn(CCN(C)C)c1C(C)C(C)CN. The van der Waals surface area contributed by atoms with Gasteiger partial charge in [0.1, 0.15) is 0 Å². The lowest BCUT2D eigenvalue weighted by atomic mass is 9.92. The number of nitrogens with zero attached hydrogens (tertiary/aromatic N) is 3. The van der Waals surface area contributed by atoms with Gasteiger partial charge >= 0.3 is 0 Å². The Balaban J connectivity index is 2.94. The van der Waals surface area contributed by atoms with Crippen LogP contribution in [0.3, 0.4) is 0 Å². The molecular weight excluding hydrogens is 228 g/mol. The quantitative estimate of drug-likeness (QED) is 0.793. The Morgan fingerprint density at radius 1 is 1.44 bits per heavy atom. The molecule has 18 heavy (non-hydrogen) atoms. The lowest BCUT2D eigenvalue weighted by Crippen LogP contribution is -2.24. The number of methoxy groups -OCH3 is 1. The van der Waals surface area contributed by atoms with Gasteiger partial charge in [0.25, 0.3) is 0 Å². The number of rotatable bonds is 7. The van der Waals surface area contributed by atoms with E-state index in [0.29, 0.717) is 18.4 Å². The number of hydrogen-bond donors (Lipinski definition) is 1. The summed E-state index contributed by atoms with van der Waals surface area (Å²) in [5.41, 5.74) is 6.91. The summed E-state index contributed by atoms with van der Waals surface area (Å²) in [5, 5.41) is 4.42. The topological polar surface area (TPSA) is 56.3 Å². The average molecular weight is 254 g/mol. The molecule has 5 heteroatoms. The monoisotopic (exact) mass is 254 g/mol. The molecule has 0 aromatic carbocycles. The van der Waals surface area contributed by atoms with E-state index in [9.17, 15) is 0 Å². The third-order valence-electron chi connectivity index (χ3n) is 3.48. The van der Waals surface area contributed by atoms with Crippen LogP contribution in [0, 0.1) is 5.92 Å². The van der Waals surface area contributed by atoms with E-state index in [1.807, 2.05) is 4.68 Å². The van der Waals surface area contributed by atoms with Crippen molar-refractivity contribution < 1.29 is 4.74 Å². The Morgan fingerprint density at radius 2 is 2.11 bits per heavy atom. The molecule has 0 saturated carbocycles. The fraction of sp³-hybridized carbons (Fsp3) is 0.769. The maximum atomic E-state index is 5.76. The summed E-state index contributed by atoms with van der Waals surface area (Å²) in [6, 6.07) is 0. The van der Waals surface area contributed by atoms with Crippen molar-refractivity contribution in [2.24, 2.45) is 11.7 Å². The van der Waals surface area contributed by atoms with Crippen molar-refractivity contribution in [1.29, 1.82) is 0 Å². The predicted molar refractivity (Wildman–Crippen MR) is 74.0 cm³/mol. The van der Waals surface area contributed by atoms with E-state index in [0.717, 1.165) is 24.5 Å². The Hall–Kier alpha value is -1.07. The van der Waals surface area contributed by atoms with E-state index < -0.39 is 0 Å². The smallest absolute Gasteiger partial charge is 0.160 e. The van der Waals surface area contributed by atoms with Crippen LogP contribution >= 0.6 is 0 Å². The summed E-state index contributed by atoms with van der Waals surface area (Å²) in [5.74, 6) is 1.62. The molecule has 0 radical (unpaired) electrons. The van der Waals surface area contributed by atoms with Gasteiger partial charge in [-0.2, -0.15) is 5.10 Å². The number of likely N-dealkylation sites (N-methyl/N-ethyl adjacent to an activating group) is 1. The van der Waals surface area contributed by atoms with Crippen LogP contribution in [0.15, 0.2) is 6.20 Å². The summed E-state index contributed by atoms with van der Waals surface area (Å²) >= 11 is 0. The van der Waals surface area contributed by atoms with Gasteiger partial charge in [-0.3, -0.25) is 4.68 Å². The molecule has 0 spiro atoms.